The molecule has 2 aromatic rings. The molecule has 25 heavy (non-hydrogen) atoms. The van der Waals surface area contributed by atoms with Crippen molar-refractivity contribution < 1.29 is 18.4 Å². The monoisotopic (exact) mass is 347 g/mol. The normalized spacial score (nSPS) is 18.2. The number of likely N-dealkylation sites (tertiary alicyclic amines) is 1. The van der Waals surface area contributed by atoms with Gasteiger partial charge in [0, 0.05) is 13.7 Å². The molecular weight excluding hydrogens is 325 g/mol. The zero-order valence-electron chi connectivity index (χ0n) is 14.3. The number of rotatable bonds is 5. The van der Waals surface area contributed by atoms with E-state index in [1.54, 1.807) is 30.2 Å². The van der Waals surface area contributed by atoms with Crippen LogP contribution in [0.3, 0.4) is 0 Å². The van der Waals surface area contributed by atoms with Crippen LogP contribution in [0, 0.1) is 5.82 Å². The lowest BCUT2D eigenvalue weighted by molar-refractivity contribution is -0.133. The van der Waals surface area contributed by atoms with E-state index < -0.39 is 0 Å². The van der Waals surface area contributed by atoms with Crippen molar-refractivity contribution >= 4 is 5.91 Å². The number of methoxy groups -OCH3 is 1. The molecule has 1 aromatic heterocycles. The fraction of sp³-hybridized carbons (Fsp3) is 0.500. The quantitative estimate of drug-likeness (QED) is 0.831. The molecule has 0 bridgehead atoms. The lowest BCUT2D eigenvalue weighted by atomic mass is 10.1. The molecule has 6 nitrogen and oxygen atoms in total. The SMILES string of the molecule is COCc1nc([C@H]2CCCCCN2C(=O)Cc2ccccc2F)no1. The molecule has 0 radical (unpaired) electrons. The van der Waals surface area contributed by atoms with Crippen LogP contribution in [-0.2, 0) is 22.6 Å². The number of benzene rings is 1. The largest absolute Gasteiger partial charge is 0.375 e. The number of ether oxygens (including phenoxy) is 1. The maximum absolute atomic E-state index is 13.9. The van der Waals surface area contributed by atoms with Crippen LogP contribution in [0.2, 0.25) is 0 Å². The Kier molecular flexibility index (Phi) is 5.75. The van der Waals surface area contributed by atoms with E-state index in [4.69, 9.17) is 9.26 Å². The first-order valence-electron chi connectivity index (χ1n) is 8.53. The summed E-state index contributed by atoms with van der Waals surface area (Å²) in [5, 5.41) is 4.02. The molecule has 0 spiro atoms. The van der Waals surface area contributed by atoms with E-state index in [-0.39, 0.29) is 30.8 Å². The fourth-order valence-electron chi connectivity index (χ4n) is 3.17. The summed E-state index contributed by atoms with van der Waals surface area (Å²) in [6.45, 7) is 0.856. The lowest BCUT2D eigenvalue weighted by Gasteiger charge is -2.28. The maximum atomic E-state index is 13.9. The van der Waals surface area contributed by atoms with Crippen LogP contribution < -0.4 is 0 Å². The van der Waals surface area contributed by atoms with Crippen molar-refractivity contribution in [1.82, 2.24) is 15.0 Å². The highest BCUT2D eigenvalue weighted by atomic mass is 19.1. The van der Waals surface area contributed by atoms with Gasteiger partial charge >= 0.3 is 0 Å². The Bertz CT molecular complexity index is 719. The van der Waals surface area contributed by atoms with Crippen molar-refractivity contribution in [3.63, 3.8) is 0 Å². The molecule has 1 aliphatic heterocycles. The van der Waals surface area contributed by atoms with Crippen LogP contribution in [0.5, 0.6) is 0 Å². The van der Waals surface area contributed by atoms with Crippen LogP contribution in [0.1, 0.15) is 49.0 Å². The summed E-state index contributed by atoms with van der Waals surface area (Å²) in [4.78, 5) is 19.0. The van der Waals surface area contributed by atoms with E-state index in [1.807, 2.05) is 0 Å². The van der Waals surface area contributed by atoms with E-state index in [1.165, 1.54) is 6.07 Å². The van der Waals surface area contributed by atoms with E-state index in [0.29, 0.717) is 23.8 Å². The number of carbonyl (C=O) groups excluding carboxylic acids is 1. The Balaban J connectivity index is 1.79. The predicted molar refractivity (Wildman–Crippen MR) is 88.0 cm³/mol. The molecule has 0 unspecified atom stereocenters. The van der Waals surface area contributed by atoms with Gasteiger partial charge < -0.3 is 14.2 Å². The zero-order valence-corrected chi connectivity index (χ0v) is 14.3. The molecule has 1 amide bonds. The van der Waals surface area contributed by atoms with Gasteiger partial charge in [0.25, 0.3) is 5.89 Å². The van der Waals surface area contributed by atoms with Gasteiger partial charge in [-0.1, -0.05) is 36.2 Å². The minimum absolute atomic E-state index is 0.0337. The summed E-state index contributed by atoms with van der Waals surface area (Å²) in [7, 11) is 1.56. The Morgan fingerprint density at radius 3 is 3.00 bits per heavy atom. The van der Waals surface area contributed by atoms with Gasteiger partial charge in [-0.3, -0.25) is 4.79 Å². The Morgan fingerprint density at radius 2 is 2.20 bits per heavy atom. The smallest absolute Gasteiger partial charge is 0.252 e. The van der Waals surface area contributed by atoms with Crippen LogP contribution in [0.25, 0.3) is 0 Å². The third-order valence-corrected chi connectivity index (χ3v) is 4.42. The molecule has 134 valence electrons. The molecule has 0 aliphatic carbocycles. The average Bonchev–Trinajstić information content (AvgIpc) is 2.92. The van der Waals surface area contributed by atoms with E-state index >= 15 is 0 Å². The number of carbonyl (C=O) groups is 1. The minimum Gasteiger partial charge on any atom is -0.375 e. The third kappa shape index (κ3) is 4.22. The van der Waals surface area contributed by atoms with Gasteiger partial charge in [0.05, 0.1) is 12.5 Å². The molecule has 7 heteroatoms. The number of amides is 1. The van der Waals surface area contributed by atoms with Crippen molar-refractivity contribution in [1.29, 1.82) is 0 Å². The Hall–Kier alpha value is -2.28. The third-order valence-electron chi connectivity index (χ3n) is 4.42. The van der Waals surface area contributed by atoms with Crippen LogP contribution >= 0.6 is 0 Å². The van der Waals surface area contributed by atoms with E-state index in [0.717, 1.165) is 25.7 Å². The predicted octanol–water partition coefficient (Wildman–Crippen LogP) is 3.04. The second kappa shape index (κ2) is 8.20. The minimum atomic E-state index is -0.357. The number of halogens is 1. The molecule has 0 saturated carbocycles. The molecular formula is C18H22FN3O3. The molecule has 2 heterocycles. The van der Waals surface area contributed by atoms with E-state index in [9.17, 15) is 9.18 Å². The maximum Gasteiger partial charge on any atom is 0.252 e. The highest BCUT2D eigenvalue weighted by Gasteiger charge is 2.30. The van der Waals surface area contributed by atoms with Crippen molar-refractivity contribution in [2.45, 2.75) is 44.8 Å². The van der Waals surface area contributed by atoms with Gasteiger partial charge in [-0.2, -0.15) is 4.98 Å². The highest BCUT2D eigenvalue weighted by Crippen LogP contribution is 2.29. The number of nitrogens with zero attached hydrogens (tertiary/aromatic N) is 3. The Labute approximate surface area is 146 Å². The summed E-state index contributed by atoms with van der Waals surface area (Å²) in [5.74, 6) is 0.415. The zero-order chi connectivity index (χ0) is 17.6. The van der Waals surface area contributed by atoms with Crippen molar-refractivity contribution in [2.24, 2.45) is 0 Å². The lowest BCUT2D eigenvalue weighted by Crippen LogP contribution is -2.36. The van der Waals surface area contributed by atoms with Crippen LogP contribution in [0.4, 0.5) is 4.39 Å². The number of hydrogen-bond acceptors (Lipinski definition) is 5. The summed E-state index contributed by atoms with van der Waals surface area (Å²) in [6, 6.07) is 6.14. The second-order valence-corrected chi connectivity index (χ2v) is 6.20. The summed E-state index contributed by atoms with van der Waals surface area (Å²) in [6.07, 6.45) is 3.76. The average molecular weight is 347 g/mol. The molecule has 0 N–H and O–H groups in total. The molecule has 1 fully saturated rings. The van der Waals surface area contributed by atoms with Crippen molar-refractivity contribution in [3.05, 3.63) is 47.4 Å². The number of aromatic nitrogens is 2. The first kappa shape index (κ1) is 17.5. The number of hydrogen-bond donors (Lipinski definition) is 0. The van der Waals surface area contributed by atoms with E-state index in [2.05, 4.69) is 10.1 Å². The summed E-state index contributed by atoms with van der Waals surface area (Å²) in [5.41, 5.74) is 0.406. The van der Waals surface area contributed by atoms with Crippen molar-refractivity contribution in [2.75, 3.05) is 13.7 Å². The van der Waals surface area contributed by atoms with Gasteiger partial charge in [0.15, 0.2) is 5.82 Å². The van der Waals surface area contributed by atoms with Crippen LogP contribution in [-0.4, -0.2) is 34.6 Å². The van der Waals surface area contributed by atoms with Gasteiger partial charge in [0.2, 0.25) is 5.91 Å². The van der Waals surface area contributed by atoms with Crippen molar-refractivity contribution in [3.8, 4) is 0 Å². The Morgan fingerprint density at radius 1 is 1.36 bits per heavy atom. The summed E-state index contributed by atoms with van der Waals surface area (Å²) >= 11 is 0. The molecule has 1 atom stereocenters. The molecule has 1 aliphatic rings. The molecule has 3 rings (SSSR count). The molecule has 1 saturated heterocycles. The van der Waals surface area contributed by atoms with Gasteiger partial charge in [-0.15, -0.1) is 0 Å². The van der Waals surface area contributed by atoms with Crippen LogP contribution in [0.15, 0.2) is 28.8 Å². The first-order valence-corrected chi connectivity index (χ1v) is 8.53. The van der Waals surface area contributed by atoms with Gasteiger partial charge in [-0.05, 0) is 24.5 Å². The second-order valence-electron chi connectivity index (χ2n) is 6.20. The standard InChI is InChI=1S/C18H22FN3O3/c1-24-12-16-20-18(21-25-16)15-9-3-2-6-10-22(15)17(23)11-13-7-4-5-8-14(13)19/h4-5,7-8,15H,2-3,6,9-12H2,1H3/t15-/m1/s1. The fourth-order valence-corrected chi connectivity index (χ4v) is 3.17. The highest BCUT2D eigenvalue weighted by molar-refractivity contribution is 5.79. The van der Waals surface area contributed by atoms with Gasteiger partial charge in [0.1, 0.15) is 12.4 Å². The van der Waals surface area contributed by atoms with Gasteiger partial charge in [-0.25, -0.2) is 4.39 Å². The first-order chi connectivity index (χ1) is 12.2. The summed E-state index contributed by atoms with van der Waals surface area (Å²) < 4.78 is 24.1. The molecule has 1 aromatic carbocycles. The topological polar surface area (TPSA) is 68.5 Å².